The molecule has 0 saturated heterocycles. The summed E-state index contributed by atoms with van der Waals surface area (Å²) in [7, 11) is 1.38. The maximum absolute atomic E-state index is 12.4. The number of thiocarbonyl (C=S) groups is 1. The van der Waals surface area contributed by atoms with Gasteiger partial charge >= 0.3 is 5.97 Å². The molecule has 2 rings (SSSR count). The Hall–Kier alpha value is -2.34. The number of nitrogens with zero attached hydrogens (tertiary/aromatic N) is 1. The third-order valence-corrected chi connectivity index (χ3v) is 4.22. The Balaban J connectivity index is 2.47. The monoisotopic (exact) mass is 346 g/mol. The van der Waals surface area contributed by atoms with Gasteiger partial charge in [-0.05, 0) is 43.8 Å². The van der Waals surface area contributed by atoms with Crippen molar-refractivity contribution in [2.45, 2.75) is 19.9 Å². The van der Waals surface area contributed by atoms with Gasteiger partial charge in [-0.1, -0.05) is 24.8 Å². The van der Waals surface area contributed by atoms with E-state index in [0.29, 0.717) is 29.6 Å². The third-order valence-electron chi connectivity index (χ3n) is 3.88. The second-order valence-electron chi connectivity index (χ2n) is 5.29. The van der Waals surface area contributed by atoms with E-state index in [-0.39, 0.29) is 12.0 Å². The summed E-state index contributed by atoms with van der Waals surface area (Å²) in [5.74, 6) is 0.336. The molecule has 128 valence electrons. The van der Waals surface area contributed by atoms with E-state index < -0.39 is 0 Å². The zero-order chi connectivity index (χ0) is 17.7. The number of hydrogen-bond acceptors (Lipinski definition) is 4. The van der Waals surface area contributed by atoms with Crippen LogP contribution in [0.4, 0.5) is 0 Å². The Labute approximate surface area is 147 Å². The molecule has 0 saturated carbocycles. The molecule has 0 aliphatic carbocycles. The molecule has 1 aromatic carbocycles. The second kappa shape index (κ2) is 7.97. The quantitative estimate of drug-likeness (QED) is 0.486. The minimum atomic E-state index is -0.375. The van der Waals surface area contributed by atoms with E-state index in [4.69, 9.17) is 21.7 Å². The van der Waals surface area contributed by atoms with Crippen LogP contribution in [0.25, 0.3) is 0 Å². The molecule has 5 nitrogen and oxygen atoms in total. The van der Waals surface area contributed by atoms with Gasteiger partial charge in [-0.3, -0.25) is 0 Å². The van der Waals surface area contributed by atoms with Gasteiger partial charge in [0.1, 0.15) is 12.4 Å². The minimum Gasteiger partial charge on any atom is -0.490 e. The summed E-state index contributed by atoms with van der Waals surface area (Å²) in [6.45, 7) is 8.60. The highest BCUT2D eigenvalue weighted by Crippen LogP contribution is 2.32. The summed E-state index contributed by atoms with van der Waals surface area (Å²) in [4.78, 5) is 14.2. The number of ether oxygens (including phenoxy) is 2. The number of esters is 1. The number of benzene rings is 1. The fourth-order valence-electron chi connectivity index (χ4n) is 2.73. The van der Waals surface area contributed by atoms with Gasteiger partial charge in [0.15, 0.2) is 5.11 Å². The van der Waals surface area contributed by atoms with Gasteiger partial charge < -0.3 is 19.7 Å². The number of rotatable bonds is 6. The molecule has 0 bridgehead atoms. The summed E-state index contributed by atoms with van der Waals surface area (Å²) in [6.07, 6.45) is 1.68. The van der Waals surface area contributed by atoms with Crippen LogP contribution in [-0.2, 0) is 9.53 Å². The SMILES string of the molecule is C=CCOc1cccc([C@H]2NC(=S)N(CC)C(C)=C2C(=O)OC)c1. The van der Waals surface area contributed by atoms with Crippen molar-refractivity contribution in [3.05, 3.63) is 53.8 Å². The van der Waals surface area contributed by atoms with Gasteiger partial charge in [-0.2, -0.15) is 0 Å². The summed E-state index contributed by atoms with van der Waals surface area (Å²) in [5, 5.41) is 3.82. The Morgan fingerprint density at radius 2 is 2.25 bits per heavy atom. The van der Waals surface area contributed by atoms with Crippen molar-refractivity contribution in [2.24, 2.45) is 0 Å². The minimum absolute atomic E-state index is 0.372. The van der Waals surface area contributed by atoms with E-state index in [2.05, 4.69) is 11.9 Å². The zero-order valence-corrected chi connectivity index (χ0v) is 15.0. The fraction of sp³-hybridized carbons (Fsp3) is 0.333. The summed E-state index contributed by atoms with van der Waals surface area (Å²) in [6, 6.07) is 7.19. The summed E-state index contributed by atoms with van der Waals surface area (Å²) in [5.41, 5.74) is 2.23. The van der Waals surface area contributed by atoms with Crippen LogP contribution in [0.2, 0.25) is 0 Å². The molecule has 0 radical (unpaired) electrons. The smallest absolute Gasteiger partial charge is 0.337 e. The first kappa shape index (κ1) is 18.0. The molecule has 1 heterocycles. The topological polar surface area (TPSA) is 50.8 Å². The molecular formula is C18H22N2O3S. The Morgan fingerprint density at radius 3 is 2.88 bits per heavy atom. The van der Waals surface area contributed by atoms with Crippen molar-refractivity contribution in [2.75, 3.05) is 20.3 Å². The van der Waals surface area contributed by atoms with Gasteiger partial charge in [0, 0.05) is 12.2 Å². The van der Waals surface area contributed by atoms with Crippen LogP contribution in [0.5, 0.6) is 5.75 Å². The number of allylic oxidation sites excluding steroid dienone is 1. The van der Waals surface area contributed by atoms with Crippen LogP contribution in [-0.4, -0.2) is 36.2 Å². The number of methoxy groups -OCH3 is 1. The van der Waals surface area contributed by atoms with Crippen molar-refractivity contribution in [3.8, 4) is 5.75 Å². The van der Waals surface area contributed by atoms with Gasteiger partial charge in [-0.15, -0.1) is 0 Å². The molecule has 0 amide bonds. The Morgan fingerprint density at radius 1 is 1.50 bits per heavy atom. The van der Waals surface area contributed by atoms with E-state index in [1.54, 1.807) is 6.08 Å². The molecule has 6 heteroatoms. The third kappa shape index (κ3) is 3.59. The van der Waals surface area contributed by atoms with E-state index >= 15 is 0 Å². The summed E-state index contributed by atoms with van der Waals surface area (Å²) < 4.78 is 10.6. The van der Waals surface area contributed by atoms with Gasteiger partial charge in [0.05, 0.1) is 18.7 Å². The van der Waals surface area contributed by atoms with Crippen LogP contribution in [0.15, 0.2) is 48.2 Å². The standard InChI is InChI=1S/C18H22N2O3S/c1-5-10-23-14-9-7-8-13(11-14)16-15(17(21)22-4)12(3)20(6-2)18(24)19-16/h5,7-9,11,16H,1,6,10H2,2-4H3,(H,19,24)/t16-/m1/s1. The molecule has 0 spiro atoms. The first-order valence-electron chi connectivity index (χ1n) is 7.74. The van der Waals surface area contributed by atoms with E-state index in [1.165, 1.54) is 7.11 Å². The normalized spacial score (nSPS) is 17.4. The summed E-state index contributed by atoms with van der Waals surface area (Å²) >= 11 is 5.44. The number of hydrogen-bond donors (Lipinski definition) is 1. The highest BCUT2D eigenvalue weighted by Gasteiger charge is 2.34. The second-order valence-corrected chi connectivity index (χ2v) is 5.68. The molecule has 24 heavy (non-hydrogen) atoms. The molecule has 0 fully saturated rings. The molecule has 1 aliphatic heterocycles. The van der Waals surface area contributed by atoms with Gasteiger partial charge in [0.2, 0.25) is 0 Å². The largest absolute Gasteiger partial charge is 0.490 e. The molecule has 0 unspecified atom stereocenters. The average molecular weight is 346 g/mol. The number of nitrogens with one attached hydrogen (secondary N) is 1. The Bertz CT molecular complexity index is 685. The zero-order valence-electron chi connectivity index (χ0n) is 14.2. The molecule has 1 atom stereocenters. The van der Waals surface area contributed by atoms with Crippen LogP contribution >= 0.6 is 12.2 Å². The van der Waals surface area contributed by atoms with Crippen molar-refractivity contribution >= 4 is 23.3 Å². The van der Waals surface area contributed by atoms with Gasteiger partial charge in [-0.25, -0.2) is 4.79 Å². The first-order valence-corrected chi connectivity index (χ1v) is 8.15. The van der Waals surface area contributed by atoms with Crippen LogP contribution in [0.3, 0.4) is 0 Å². The Kier molecular flexibility index (Phi) is 5.98. The van der Waals surface area contributed by atoms with Gasteiger partial charge in [0.25, 0.3) is 0 Å². The van der Waals surface area contributed by atoms with Crippen molar-refractivity contribution < 1.29 is 14.3 Å². The van der Waals surface area contributed by atoms with Crippen LogP contribution in [0, 0.1) is 0 Å². The molecule has 1 aromatic rings. The maximum Gasteiger partial charge on any atom is 0.337 e. The predicted molar refractivity (Wildman–Crippen MR) is 97.7 cm³/mol. The highest BCUT2D eigenvalue weighted by atomic mass is 32.1. The van der Waals surface area contributed by atoms with E-state index in [1.807, 2.05) is 43.0 Å². The van der Waals surface area contributed by atoms with Crippen molar-refractivity contribution in [1.82, 2.24) is 10.2 Å². The lowest BCUT2D eigenvalue weighted by Crippen LogP contribution is -2.47. The van der Waals surface area contributed by atoms with E-state index in [9.17, 15) is 4.79 Å². The molecule has 0 aromatic heterocycles. The molecule has 1 aliphatic rings. The molecular weight excluding hydrogens is 324 g/mol. The average Bonchev–Trinajstić information content (AvgIpc) is 2.59. The predicted octanol–water partition coefficient (Wildman–Crippen LogP) is 2.95. The molecule has 1 N–H and O–H groups in total. The maximum atomic E-state index is 12.4. The van der Waals surface area contributed by atoms with Crippen LogP contribution < -0.4 is 10.1 Å². The van der Waals surface area contributed by atoms with Crippen molar-refractivity contribution in [1.29, 1.82) is 0 Å². The number of carbonyl (C=O) groups excluding carboxylic acids is 1. The lowest BCUT2D eigenvalue weighted by atomic mass is 9.95. The fourth-order valence-corrected chi connectivity index (χ4v) is 3.11. The lowest BCUT2D eigenvalue weighted by molar-refractivity contribution is -0.136. The van der Waals surface area contributed by atoms with Crippen LogP contribution in [0.1, 0.15) is 25.5 Å². The van der Waals surface area contributed by atoms with Crippen molar-refractivity contribution in [3.63, 3.8) is 0 Å². The number of carbonyl (C=O) groups is 1. The lowest BCUT2D eigenvalue weighted by Gasteiger charge is -2.36. The van der Waals surface area contributed by atoms with E-state index in [0.717, 1.165) is 11.3 Å². The first-order chi connectivity index (χ1) is 11.5. The highest BCUT2D eigenvalue weighted by molar-refractivity contribution is 7.80.